The van der Waals surface area contributed by atoms with E-state index in [4.69, 9.17) is 4.74 Å². The van der Waals surface area contributed by atoms with Crippen molar-refractivity contribution < 1.29 is 9.53 Å². The molecular formula is C22H23N3O2. The van der Waals surface area contributed by atoms with Crippen LogP contribution in [0.3, 0.4) is 0 Å². The number of ether oxygens (including phenoxy) is 1. The first kappa shape index (κ1) is 17.5. The first-order valence-corrected chi connectivity index (χ1v) is 9.34. The molecule has 1 amide bonds. The van der Waals surface area contributed by atoms with Gasteiger partial charge in [-0.2, -0.15) is 0 Å². The Morgan fingerprint density at radius 2 is 1.70 bits per heavy atom. The molecule has 3 aromatic rings. The molecule has 138 valence electrons. The summed E-state index contributed by atoms with van der Waals surface area (Å²) >= 11 is 0. The molecule has 0 bridgehead atoms. The van der Waals surface area contributed by atoms with Crippen molar-refractivity contribution in [1.82, 2.24) is 14.9 Å². The van der Waals surface area contributed by atoms with Gasteiger partial charge in [-0.05, 0) is 38.1 Å². The number of nitrogens with zero attached hydrogens (tertiary/aromatic N) is 3. The van der Waals surface area contributed by atoms with Crippen molar-refractivity contribution in [1.29, 1.82) is 0 Å². The highest BCUT2D eigenvalue weighted by molar-refractivity contribution is 5.94. The first-order chi connectivity index (χ1) is 13.1. The fourth-order valence-corrected chi connectivity index (χ4v) is 3.63. The number of rotatable bonds is 3. The summed E-state index contributed by atoms with van der Waals surface area (Å²) in [6.07, 6.45) is 3.33. The highest BCUT2D eigenvalue weighted by Gasteiger charge is 2.25. The number of benzene rings is 2. The molecule has 1 aliphatic heterocycles. The fraction of sp³-hybridized carbons (Fsp3) is 0.318. The van der Waals surface area contributed by atoms with E-state index in [2.05, 4.69) is 16.0 Å². The molecule has 0 atom stereocenters. The van der Waals surface area contributed by atoms with E-state index in [1.54, 1.807) is 6.20 Å². The molecule has 0 aliphatic carbocycles. The number of amides is 1. The lowest BCUT2D eigenvalue weighted by Crippen LogP contribution is -2.41. The number of hydrogen-bond acceptors (Lipinski definition) is 4. The number of piperidine rings is 1. The minimum absolute atomic E-state index is 0.0590. The number of para-hydroxylation sites is 2. The molecule has 2 heterocycles. The van der Waals surface area contributed by atoms with Gasteiger partial charge in [-0.25, -0.2) is 9.97 Å². The minimum Gasteiger partial charge on any atom is -0.473 e. The summed E-state index contributed by atoms with van der Waals surface area (Å²) in [6.45, 7) is 5.43. The molecule has 0 spiro atoms. The SMILES string of the molecule is Cc1cc(C)cc(C(=O)N2CCC(Oc3cnc4ccccc4n3)CC2)c1. The first-order valence-electron chi connectivity index (χ1n) is 9.34. The number of carbonyl (C=O) groups is 1. The zero-order valence-corrected chi connectivity index (χ0v) is 15.7. The summed E-state index contributed by atoms with van der Waals surface area (Å²) in [5.74, 6) is 0.651. The van der Waals surface area contributed by atoms with E-state index in [0.29, 0.717) is 19.0 Å². The van der Waals surface area contributed by atoms with E-state index >= 15 is 0 Å². The Balaban J connectivity index is 1.38. The second-order valence-corrected chi connectivity index (χ2v) is 7.18. The number of aromatic nitrogens is 2. The molecule has 5 nitrogen and oxygen atoms in total. The molecule has 0 radical (unpaired) electrons. The van der Waals surface area contributed by atoms with Gasteiger partial charge in [-0.15, -0.1) is 0 Å². The van der Waals surface area contributed by atoms with Crippen LogP contribution in [0.25, 0.3) is 11.0 Å². The van der Waals surface area contributed by atoms with Crippen LogP contribution in [-0.4, -0.2) is 40.0 Å². The average Bonchev–Trinajstić information content (AvgIpc) is 2.67. The predicted octanol–water partition coefficient (Wildman–Crippen LogP) is 3.93. The van der Waals surface area contributed by atoms with Crippen LogP contribution in [0.4, 0.5) is 0 Å². The molecule has 0 unspecified atom stereocenters. The van der Waals surface area contributed by atoms with E-state index in [1.807, 2.05) is 55.1 Å². The number of likely N-dealkylation sites (tertiary alicyclic amines) is 1. The van der Waals surface area contributed by atoms with Crippen molar-refractivity contribution in [2.75, 3.05) is 13.1 Å². The summed E-state index contributed by atoms with van der Waals surface area (Å²) in [4.78, 5) is 23.6. The summed E-state index contributed by atoms with van der Waals surface area (Å²) in [5.41, 5.74) is 4.70. The zero-order chi connectivity index (χ0) is 18.8. The van der Waals surface area contributed by atoms with E-state index in [0.717, 1.165) is 40.6 Å². The monoisotopic (exact) mass is 361 g/mol. The third-order valence-electron chi connectivity index (χ3n) is 4.91. The Morgan fingerprint density at radius 3 is 2.41 bits per heavy atom. The molecule has 27 heavy (non-hydrogen) atoms. The zero-order valence-electron chi connectivity index (χ0n) is 15.7. The molecule has 5 heteroatoms. The highest BCUT2D eigenvalue weighted by Crippen LogP contribution is 2.21. The van der Waals surface area contributed by atoms with Gasteiger partial charge in [0, 0.05) is 31.5 Å². The topological polar surface area (TPSA) is 55.3 Å². The van der Waals surface area contributed by atoms with Gasteiger partial charge in [0.25, 0.3) is 5.91 Å². The molecular weight excluding hydrogens is 338 g/mol. The van der Waals surface area contributed by atoms with Gasteiger partial charge in [-0.3, -0.25) is 4.79 Å². The van der Waals surface area contributed by atoms with E-state index < -0.39 is 0 Å². The minimum atomic E-state index is 0.0590. The van der Waals surface area contributed by atoms with Crippen LogP contribution in [-0.2, 0) is 0 Å². The van der Waals surface area contributed by atoms with Gasteiger partial charge in [0.1, 0.15) is 6.10 Å². The lowest BCUT2D eigenvalue weighted by atomic mass is 10.0. The van der Waals surface area contributed by atoms with Crippen LogP contribution in [0, 0.1) is 13.8 Å². The van der Waals surface area contributed by atoms with E-state index in [9.17, 15) is 4.79 Å². The summed E-state index contributed by atoms with van der Waals surface area (Å²) in [5, 5.41) is 0. The van der Waals surface area contributed by atoms with Gasteiger partial charge in [0.15, 0.2) is 0 Å². The fourth-order valence-electron chi connectivity index (χ4n) is 3.63. The van der Waals surface area contributed by atoms with Crippen molar-refractivity contribution in [2.45, 2.75) is 32.8 Å². The van der Waals surface area contributed by atoms with Crippen LogP contribution >= 0.6 is 0 Å². The van der Waals surface area contributed by atoms with Gasteiger partial charge in [0.05, 0.1) is 17.2 Å². The standard InChI is InChI=1S/C22H23N3O2/c1-15-11-16(2)13-17(12-15)22(26)25-9-7-18(8-10-25)27-21-14-23-19-5-3-4-6-20(19)24-21/h3-6,11-14,18H,7-10H2,1-2H3. The Morgan fingerprint density at radius 1 is 1.04 bits per heavy atom. The summed E-state index contributed by atoms with van der Waals surface area (Å²) in [6, 6.07) is 13.8. The maximum Gasteiger partial charge on any atom is 0.253 e. The van der Waals surface area contributed by atoms with Crippen molar-refractivity contribution >= 4 is 16.9 Å². The number of carbonyl (C=O) groups excluding carboxylic acids is 1. The smallest absolute Gasteiger partial charge is 0.253 e. The van der Waals surface area contributed by atoms with E-state index in [-0.39, 0.29) is 12.0 Å². The van der Waals surface area contributed by atoms with Crippen LogP contribution in [0.15, 0.2) is 48.7 Å². The molecule has 2 aromatic carbocycles. The highest BCUT2D eigenvalue weighted by atomic mass is 16.5. The third kappa shape index (κ3) is 3.92. The van der Waals surface area contributed by atoms with Gasteiger partial charge in [0.2, 0.25) is 5.88 Å². The van der Waals surface area contributed by atoms with Gasteiger partial charge < -0.3 is 9.64 Å². The Bertz CT molecular complexity index is 958. The van der Waals surface area contributed by atoms with Gasteiger partial charge >= 0.3 is 0 Å². The van der Waals surface area contributed by atoms with Crippen LogP contribution < -0.4 is 4.74 Å². The Kier molecular flexibility index (Phi) is 4.75. The van der Waals surface area contributed by atoms with Crippen molar-refractivity contribution in [3.63, 3.8) is 0 Å². The third-order valence-corrected chi connectivity index (χ3v) is 4.91. The normalized spacial score (nSPS) is 15.1. The molecule has 1 fully saturated rings. The number of hydrogen-bond donors (Lipinski definition) is 0. The lowest BCUT2D eigenvalue weighted by molar-refractivity contribution is 0.0587. The number of fused-ring (bicyclic) bond motifs is 1. The van der Waals surface area contributed by atoms with Crippen LogP contribution in [0.1, 0.15) is 34.3 Å². The molecule has 0 saturated carbocycles. The maximum atomic E-state index is 12.8. The van der Waals surface area contributed by atoms with Crippen molar-refractivity contribution in [3.8, 4) is 5.88 Å². The summed E-state index contributed by atoms with van der Waals surface area (Å²) in [7, 11) is 0. The Hall–Kier alpha value is -2.95. The second kappa shape index (κ2) is 7.35. The van der Waals surface area contributed by atoms with Gasteiger partial charge in [-0.1, -0.05) is 29.3 Å². The van der Waals surface area contributed by atoms with Crippen molar-refractivity contribution in [2.24, 2.45) is 0 Å². The maximum absolute atomic E-state index is 12.8. The van der Waals surface area contributed by atoms with Crippen LogP contribution in [0.5, 0.6) is 5.88 Å². The summed E-state index contributed by atoms with van der Waals surface area (Å²) < 4.78 is 6.02. The largest absolute Gasteiger partial charge is 0.473 e. The molecule has 4 rings (SSSR count). The number of aryl methyl sites for hydroxylation is 2. The Labute approximate surface area is 159 Å². The lowest BCUT2D eigenvalue weighted by Gasteiger charge is -2.32. The average molecular weight is 361 g/mol. The second-order valence-electron chi connectivity index (χ2n) is 7.18. The molecule has 1 saturated heterocycles. The molecule has 0 N–H and O–H groups in total. The van der Waals surface area contributed by atoms with Crippen LogP contribution in [0.2, 0.25) is 0 Å². The molecule has 1 aliphatic rings. The van der Waals surface area contributed by atoms with Crippen molar-refractivity contribution in [3.05, 3.63) is 65.4 Å². The molecule has 1 aromatic heterocycles. The van der Waals surface area contributed by atoms with E-state index in [1.165, 1.54) is 0 Å². The quantitative estimate of drug-likeness (QED) is 0.709. The predicted molar refractivity (Wildman–Crippen MR) is 105 cm³/mol.